The lowest BCUT2D eigenvalue weighted by molar-refractivity contribution is -0.145. The summed E-state index contributed by atoms with van der Waals surface area (Å²) in [6.07, 6.45) is 2.80. The van der Waals surface area contributed by atoms with Gasteiger partial charge in [-0.2, -0.15) is 0 Å². The van der Waals surface area contributed by atoms with Crippen molar-refractivity contribution in [2.75, 3.05) is 0 Å². The summed E-state index contributed by atoms with van der Waals surface area (Å²) < 4.78 is 0. The van der Waals surface area contributed by atoms with Crippen molar-refractivity contribution in [3.8, 4) is 0 Å². The maximum atomic E-state index is 10.5. The minimum Gasteiger partial charge on any atom is -0.481 e. The highest BCUT2D eigenvalue weighted by Gasteiger charge is 2.24. The Morgan fingerprint density at radius 3 is 2.25 bits per heavy atom. The van der Waals surface area contributed by atoms with Crippen LogP contribution in [-0.4, -0.2) is 22.3 Å². The van der Waals surface area contributed by atoms with E-state index in [1.165, 1.54) is 6.92 Å². The first-order chi connectivity index (χ1) is 5.50. The summed E-state index contributed by atoms with van der Waals surface area (Å²) in [5, 5.41) is 18.0. The quantitative estimate of drug-likeness (QED) is 0.628. The van der Waals surface area contributed by atoms with E-state index in [9.17, 15) is 9.90 Å². The van der Waals surface area contributed by atoms with Crippen LogP contribution in [0.3, 0.4) is 0 Å². The number of hydrogen-bond donors (Lipinski definition) is 2. The Kier molecular flexibility index (Phi) is 4.59. The van der Waals surface area contributed by atoms with Gasteiger partial charge < -0.3 is 10.2 Å². The van der Waals surface area contributed by atoms with Crippen molar-refractivity contribution >= 4 is 5.97 Å². The lowest BCUT2D eigenvalue weighted by Gasteiger charge is -2.18. The average molecular weight is 172 g/mol. The number of rotatable bonds is 4. The summed E-state index contributed by atoms with van der Waals surface area (Å²) in [5.74, 6) is -1.78. The molecule has 0 heterocycles. The van der Waals surface area contributed by atoms with Crippen molar-refractivity contribution in [2.24, 2.45) is 11.8 Å². The lowest BCUT2D eigenvalue weighted by Crippen LogP contribution is -2.30. The second-order valence-electron chi connectivity index (χ2n) is 3.00. The van der Waals surface area contributed by atoms with Crippen LogP contribution >= 0.6 is 0 Å². The molecular weight excluding hydrogens is 156 g/mol. The van der Waals surface area contributed by atoms with Crippen molar-refractivity contribution in [2.45, 2.75) is 26.9 Å². The molecule has 0 bridgehead atoms. The van der Waals surface area contributed by atoms with E-state index >= 15 is 0 Å². The molecule has 0 aliphatic rings. The van der Waals surface area contributed by atoms with Gasteiger partial charge in [0.2, 0.25) is 0 Å². The van der Waals surface area contributed by atoms with Gasteiger partial charge >= 0.3 is 5.97 Å². The zero-order chi connectivity index (χ0) is 9.72. The monoisotopic (exact) mass is 172 g/mol. The average Bonchev–Trinajstić information content (AvgIpc) is 2.02. The molecule has 0 fully saturated rings. The van der Waals surface area contributed by atoms with E-state index < -0.39 is 18.0 Å². The van der Waals surface area contributed by atoms with Gasteiger partial charge in [-0.05, 0) is 13.8 Å². The van der Waals surface area contributed by atoms with Crippen LogP contribution in [0.25, 0.3) is 0 Å². The largest absolute Gasteiger partial charge is 0.481 e. The molecule has 70 valence electrons. The fourth-order valence-corrected chi connectivity index (χ4v) is 1.02. The first-order valence-electron chi connectivity index (χ1n) is 4.04. The van der Waals surface area contributed by atoms with E-state index in [0.717, 1.165) is 0 Å². The van der Waals surface area contributed by atoms with Crippen molar-refractivity contribution < 1.29 is 15.0 Å². The number of carbonyl (C=O) groups is 1. The molecular formula is C9H16O3. The van der Waals surface area contributed by atoms with E-state index in [0.29, 0.717) is 0 Å². The topological polar surface area (TPSA) is 57.5 Å². The summed E-state index contributed by atoms with van der Waals surface area (Å²) in [5.41, 5.74) is 0. The molecule has 0 saturated carbocycles. The Balaban J connectivity index is 4.17. The van der Waals surface area contributed by atoms with Crippen molar-refractivity contribution in [1.29, 1.82) is 0 Å². The Morgan fingerprint density at radius 2 is 1.92 bits per heavy atom. The molecule has 0 rings (SSSR count). The molecule has 0 aromatic heterocycles. The van der Waals surface area contributed by atoms with Gasteiger partial charge in [0.25, 0.3) is 0 Å². The fourth-order valence-electron chi connectivity index (χ4n) is 1.02. The van der Waals surface area contributed by atoms with E-state index in [-0.39, 0.29) is 5.92 Å². The number of aliphatic hydroxyl groups is 1. The third-order valence-electron chi connectivity index (χ3n) is 1.94. The van der Waals surface area contributed by atoms with Gasteiger partial charge in [0.15, 0.2) is 0 Å². The molecule has 0 aliphatic heterocycles. The molecule has 0 amide bonds. The Labute approximate surface area is 72.7 Å². The summed E-state index contributed by atoms with van der Waals surface area (Å²) in [7, 11) is 0. The third kappa shape index (κ3) is 3.05. The molecule has 12 heavy (non-hydrogen) atoms. The Bertz CT molecular complexity index is 175. The van der Waals surface area contributed by atoms with Crippen LogP contribution in [0.15, 0.2) is 12.2 Å². The molecule has 3 atom stereocenters. The zero-order valence-electron chi connectivity index (χ0n) is 7.69. The predicted octanol–water partition coefficient (Wildman–Crippen LogP) is 1.28. The van der Waals surface area contributed by atoms with Gasteiger partial charge in [0.05, 0.1) is 12.0 Å². The summed E-state index contributed by atoms with van der Waals surface area (Å²) in [4.78, 5) is 10.5. The van der Waals surface area contributed by atoms with E-state index in [1.807, 2.05) is 13.0 Å². The van der Waals surface area contributed by atoms with Crippen molar-refractivity contribution in [1.82, 2.24) is 0 Å². The first-order valence-corrected chi connectivity index (χ1v) is 4.04. The molecule has 0 radical (unpaired) electrons. The molecule has 0 aromatic carbocycles. The molecule has 3 heteroatoms. The van der Waals surface area contributed by atoms with Gasteiger partial charge in [-0.15, -0.1) is 0 Å². The number of carboxylic acids is 1. The van der Waals surface area contributed by atoms with Crippen LogP contribution in [0.2, 0.25) is 0 Å². The van der Waals surface area contributed by atoms with Gasteiger partial charge in [0.1, 0.15) is 0 Å². The normalized spacial score (nSPS) is 19.0. The highest BCUT2D eigenvalue weighted by Crippen LogP contribution is 2.14. The fraction of sp³-hybridized carbons (Fsp3) is 0.667. The van der Waals surface area contributed by atoms with Crippen molar-refractivity contribution in [3.05, 3.63) is 12.2 Å². The maximum Gasteiger partial charge on any atom is 0.308 e. The molecule has 2 N–H and O–H groups in total. The van der Waals surface area contributed by atoms with Crippen LogP contribution in [0, 0.1) is 11.8 Å². The number of allylic oxidation sites excluding steroid dienone is 1. The van der Waals surface area contributed by atoms with Crippen molar-refractivity contribution in [3.63, 3.8) is 0 Å². The van der Waals surface area contributed by atoms with Gasteiger partial charge in [-0.3, -0.25) is 4.79 Å². The predicted molar refractivity (Wildman–Crippen MR) is 46.8 cm³/mol. The van der Waals surface area contributed by atoms with E-state index in [4.69, 9.17) is 5.11 Å². The number of aliphatic hydroxyl groups excluding tert-OH is 1. The highest BCUT2D eigenvalue weighted by molar-refractivity contribution is 5.70. The Morgan fingerprint density at radius 1 is 1.42 bits per heavy atom. The second-order valence-corrected chi connectivity index (χ2v) is 3.00. The van der Waals surface area contributed by atoms with Crippen LogP contribution in [-0.2, 0) is 4.79 Å². The summed E-state index contributed by atoms with van der Waals surface area (Å²) in [6, 6.07) is 0. The number of aliphatic carboxylic acids is 1. The summed E-state index contributed by atoms with van der Waals surface area (Å²) >= 11 is 0. The van der Waals surface area contributed by atoms with E-state index in [2.05, 4.69) is 0 Å². The smallest absolute Gasteiger partial charge is 0.308 e. The third-order valence-corrected chi connectivity index (χ3v) is 1.94. The van der Waals surface area contributed by atoms with Gasteiger partial charge in [0, 0.05) is 5.92 Å². The first kappa shape index (κ1) is 11.2. The van der Waals surface area contributed by atoms with Crippen LogP contribution in [0.4, 0.5) is 0 Å². The van der Waals surface area contributed by atoms with Gasteiger partial charge in [-0.25, -0.2) is 0 Å². The van der Waals surface area contributed by atoms with E-state index in [1.54, 1.807) is 13.0 Å². The minimum absolute atomic E-state index is 0.110. The molecule has 0 unspecified atom stereocenters. The second kappa shape index (κ2) is 4.93. The molecule has 0 aliphatic carbocycles. The molecule has 0 saturated heterocycles. The number of carboxylic acid groups (broad SMARTS) is 1. The molecule has 0 aromatic rings. The minimum atomic E-state index is -0.959. The number of hydrogen-bond acceptors (Lipinski definition) is 2. The van der Waals surface area contributed by atoms with Crippen LogP contribution < -0.4 is 0 Å². The molecule has 0 spiro atoms. The van der Waals surface area contributed by atoms with Crippen LogP contribution in [0.1, 0.15) is 20.8 Å². The lowest BCUT2D eigenvalue weighted by atomic mass is 9.93. The maximum absolute atomic E-state index is 10.5. The van der Waals surface area contributed by atoms with Crippen LogP contribution in [0.5, 0.6) is 0 Å². The summed E-state index contributed by atoms with van der Waals surface area (Å²) in [6.45, 7) is 5.14. The highest BCUT2D eigenvalue weighted by atomic mass is 16.4. The Hall–Kier alpha value is -0.830. The SMILES string of the molecule is C/C=C/[C@H](C)[C@H](O)[C@@H](C)C(=O)O. The zero-order valence-corrected chi connectivity index (χ0v) is 7.69. The standard InChI is InChI=1S/C9H16O3/c1-4-5-6(2)8(10)7(3)9(11)12/h4-8,10H,1-3H3,(H,11,12)/b5-4+/t6-,7+,8-/m0/s1. The van der Waals surface area contributed by atoms with Gasteiger partial charge in [-0.1, -0.05) is 19.1 Å². The molecule has 3 nitrogen and oxygen atoms in total.